The molecule has 0 unspecified atom stereocenters. The lowest BCUT2D eigenvalue weighted by Gasteiger charge is -2.05. The number of aromatic nitrogens is 1. The number of nitrogens with one attached hydrogen (secondary N) is 1. The van der Waals surface area contributed by atoms with E-state index >= 15 is 0 Å². The average Bonchev–Trinajstić information content (AvgIpc) is 2.48. The summed E-state index contributed by atoms with van der Waals surface area (Å²) < 4.78 is 0. The average molecular weight is 287 g/mol. The van der Waals surface area contributed by atoms with Crippen LogP contribution in [-0.2, 0) is 13.1 Å². The first kappa shape index (κ1) is 14.6. The zero-order chi connectivity index (χ0) is 15.2. The Morgan fingerprint density at radius 1 is 1.24 bits per heavy atom. The Labute approximate surface area is 120 Å². The number of rotatable bonds is 6. The first-order chi connectivity index (χ1) is 10.1. The predicted octanol–water partition coefficient (Wildman–Crippen LogP) is 1.98. The molecule has 0 aliphatic carbocycles. The Kier molecular flexibility index (Phi) is 4.57. The van der Waals surface area contributed by atoms with Crippen molar-refractivity contribution >= 4 is 11.7 Å². The van der Waals surface area contributed by atoms with E-state index in [9.17, 15) is 14.9 Å². The van der Waals surface area contributed by atoms with Crippen LogP contribution >= 0.6 is 0 Å². The van der Waals surface area contributed by atoms with Gasteiger partial charge in [0.2, 0.25) is 0 Å². The minimum atomic E-state index is -1.07. The maximum Gasteiger partial charge on any atom is 0.354 e. The van der Waals surface area contributed by atoms with Gasteiger partial charge < -0.3 is 10.4 Å². The third-order valence-electron chi connectivity index (χ3n) is 2.78. The van der Waals surface area contributed by atoms with Crippen LogP contribution < -0.4 is 5.32 Å². The lowest BCUT2D eigenvalue weighted by Crippen LogP contribution is -2.15. The Morgan fingerprint density at radius 3 is 2.71 bits per heavy atom. The fourth-order valence-corrected chi connectivity index (χ4v) is 1.81. The van der Waals surface area contributed by atoms with Gasteiger partial charge >= 0.3 is 5.97 Å². The first-order valence-electron chi connectivity index (χ1n) is 6.19. The summed E-state index contributed by atoms with van der Waals surface area (Å²) in [7, 11) is 0. The highest BCUT2D eigenvalue weighted by Gasteiger charge is 2.06. The summed E-state index contributed by atoms with van der Waals surface area (Å²) in [6.07, 6.45) is 0. The molecule has 0 amide bonds. The number of benzene rings is 1. The number of non-ortho nitro benzene ring substituents is 1. The number of hydrogen-bond donors (Lipinski definition) is 2. The van der Waals surface area contributed by atoms with Crippen molar-refractivity contribution in [1.82, 2.24) is 10.3 Å². The molecule has 1 aromatic carbocycles. The summed E-state index contributed by atoms with van der Waals surface area (Å²) in [4.78, 5) is 25.0. The smallest absolute Gasteiger partial charge is 0.354 e. The molecule has 2 rings (SSSR count). The molecule has 0 aliphatic rings. The topological polar surface area (TPSA) is 105 Å². The van der Waals surface area contributed by atoms with Gasteiger partial charge in [-0.15, -0.1) is 0 Å². The van der Waals surface area contributed by atoms with E-state index in [-0.39, 0.29) is 11.4 Å². The van der Waals surface area contributed by atoms with Gasteiger partial charge in [0, 0.05) is 25.2 Å². The summed E-state index contributed by atoms with van der Waals surface area (Å²) in [5, 5.41) is 22.6. The van der Waals surface area contributed by atoms with Crippen molar-refractivity contribution in [2.75, 3.05) is 0 Å². The molecule has 0 atom stereocenters. The van der Waals surface area contributed by atoms with E-state index in [0.29, 0.717) is 18.8 Å². The number of hydrogen-bond acceptors (Lipinski definition) is 5. The molecule has 0 bridgehead atoms. The molecule has 0 spiro atoms. The van der Waals surface area contributed by atoms with Crippen molar-refractivity contribution in [3.05, 3.63) is 69.5 Å². The van der Waals surface area contributed by atoms with E-state index < -0.39 is 10.9 Å². The normalized spacial score (nSPS) is 10.3. The molecule has 0 saturated heterocycles. The summed E-state index contributed by atoms with van der Waals surface area (Å²) in [6.45, 7) is 0.810. The second-order valence-corrected chi connectivity index (χ2v) is 4.35. The highest BCUT2D eigenvalue weighted by atomic mass is 16.6. The molecular formula is C14H13N3O4. The molecular weight excluding hydrogens is 274 g/mol. The van der Waals surface area contributed by atoms with Crippen LogP contribution in [0.3, 0.4) is 0 Å². The molecule has 108 valence electrons. The first-order valence-corrected chi connectivity index (χ1v) is 6.19. The third-order valence-corrected chi connectivity index (χ3v) is 2.78. The maximum atomic E-state index is 10.8. The number of nitrogens with zero attached hydrogens (tertiary/aromatic N) is 2. The van der Waals surface area contributed by atoms with Gasteiger partial charge in [0.05, 0.1) is 10.6 Å². The van der Waals surface area contributed by atoms with Gasteiger partial charge in [-0.2, -0.15) is 0 Å². The van der Waals surface area contributed by atoms with Gasteiger partial charge in [0.25, 0.3) is 5.69 Å². The number of carboxylic acid groups (broad SMARTS) is 1. The van der Waals surface area contributed by atoms with Crippen molar-refractivity contribution in [2.45, 2.75) is 13.1 Å². The Hall–Kier alpha value is -2.80. The second kappa shape index (κ2) is 6.58. The van der Waals surface area contributed by atoms with E-state index in [2.05, 4.69) is 10.3 Å². The fraction of sp³-hybridized carbons (Fsp3) is 0.143. The summed E-state index contributed by atoms with van der Waals surface area (Å²) in [5.74, 6) is -1.07. The van der Waals surface area contributed by atoms with Crippen LogP contribution in [0.2, 0.25) is 0 Å². The summed E-state index contributed by atoms with van der Waals surface area (Å²) in [6, 6.07) is 11.1. The molecule has 21 heavy (non-hydrogen) atoms. The van der Waals surface area contributed by atoms with Gasteiger partial charge in [0.15, 0.2) is 0 Å². The largest absolute Gasteiger partial charge is 0.477 e. The number of nitro benzene ring substituents is 1. The van der Waals surface area contributed by atoms with E-state index in [1.807, 2.05) is 0 Å². The van der Waals surface area contributed by atoms with Crippen molar-refractivity contribution in [3.8, 4) is 0 Å². The van der Waals surface area contributed by atoms with Crippen molar-refractivity contribution in [2.24, 2.45) is 0 Å². The minimum absolute atomic E-state index is 0.00958. The van der Waals surface area contributed by atoms with Gasteiger partial charge in [-0.1, -0.05) is 18.2 Å². The van der Waals surface area contributed by atoms with Crippen LogP contribution in [-0.4, -0.2) is 21.0 Å². The van der Waals surface area contributed by atoms with Crippen LogP contribution in [0.25, 0.3) is 0 Å². The number of aromatic carboxylic acids is 1. The van der Waals surface area contributed by atoms with Gasteiger partial charge in [-0.05, 0) is 17.7 Å². The lowest BCUT2D eigenvalue weighted by molar-refractivity contribution is -0.384. The van der Waals surface area contributed by atoms with E-state index in [4.69, 9.17) is 5.11 Å². The molecule has 1 heterocycles. The van der Waals surface area contributed by atoms with Gasteiger partial charge in [0.1, 0.15) is 5.69 Å². The second-order valence-electron chi connectivity index (χ2n) is 4.35. The standard InChI is InChI=1S/C14H13N3O4/c18-14(19)13-6-2-4-11(16-13)9-15-8-10-3-1-5-12(7-10)17(20)21/h1-7,15H,8-9H2,(H,18,19). The number of carbonyl (C=O) groups is 1. The van der Waals surface area contributed by atoms with Crippen molar-refractivity contribution < 1.29 is 14.8 Å². The van der Waals surface area contributed by atoms with Crippen molar-refractivity contribution in [1.29, 1.82) is 0 Å². The van der Waals surface area contributed by atoms with Crippen LogP contribution in [0.15, 0.2) is 42.5 Å². The lowest BCUT2D eigenvalue weighted by atomic mass is 10.2. The molecule has 1 aromatic heterocycles. The van der Waals surface area contributed by atoms with Crippen molar-refractivity contribution in [3.63, 3.8) is 0 Å². The molecule has 7 nitrogen and oxygen atoms in total. The van der Waals surface area contributed by atoms with Crippen LogP contribution in [0.4, 0.5) is 5.69 Å². The summed E-state index contributed by atoms with van der Waals surface area (Å²) in [5.41, 5.74) is 1.41. The Morgan fingerprint density at radius 2 is 2.00 bits per heavy atom. The van der Waals surface area contributed by atoms with Crippen LogP contribution in [0.5, 0.6) is 0 Å². The maximum absolute atomic E-state index is 10.8. The SMILES string of the molecule is O=C(O)c1cccc(CNCc2cccc([N+](=O)[O-])c2)n1. The number of nitro groups is 1. The Balaban J connectivity index is 1.95. The van der Waals surface area contributed by atoms with Gasteiger partial charge in [-0.25, -0.2) is 9.78 Å². The number of carboxylic acids is 1. The van der Waals surface area contributed by atoms with Gasteiger partial charge in [-0.3, -0.25) is 10.1 Å². The van der Waals surface area contributed by atoms with E-state index in [0.717, 1.165) is 5.56 Å². The zero-order valence-corrected chi connectivity index (χ0v) is 11.0. The highest BCUT2D eigenvalue weighted by Crippen LogP contribution is 2.12. The molecule has 2 N–H and O–H groups in total. The predicted molar refractivity (Wildman–Crippen MR) is 74.8 cm³/mol. The molecule has 0 radical (unpaired) electrons. The number of pyridine rings is 1. The quantitative estimate of drug-likeness (QED) is 0.621. The molecule has 0 saturated carbocycles. The minimum Gasteiger partial charge on any atom is -0.477 e. The zero-order valence-electron chi connectivity index (χ0n) is 11.0. The molecule has 0 fully saturated rings. The van der Waals surface area contributed by atoms with Crippen LogP contribution in [0, 0.1) is 10.1 Å². The summed E-state index contributed by atoms with van der Waals surface area (Å²) >= 11 is 0. The highest BCUT2D eigenvalue weighted by molar-refractivity contribution is 5.85. The fourth-order valence-electron chi connectivity index (χ4n) is 1.81. The molecule has 2 aromatic rings. The van der Waals surface area contributed by atoms with E-state index in [1.54, 1.807) is 24.3 Å². The van der Waals surface area contributed by atoms with Crippen LogP contribution in [0.1, 0.15) is 21.7 Å². The monoisotopic (exact) mass is 287 g/mol. The molecule has 7 heteroatoms. The third kappa shape index (κ3) is 4.08. The Bertz CT molecular complexity index is 615. The van der Waals surface area contributed by atoms with E-state index in [1.165, 1.54) is 18.2 Å². The molecule has 0 aliphatic heterocycles.